The van der Waals surface area contributed by atoms with E-state index in [4.69, 9.17) is 18.9 Å². The molecule has 0 saturated carbocycles. The maximum absolute atomic E-state index is 6.17. The summed E-state index contributed by atoms with van der Waals surface area (Å²) < 4.78 is 17.7. The Balaban J connectivity index is 1.47. The molecule has 2 aromatic carbocycles. The van der Waals surface area contributed by atoms with Crippen molar-refractivity contribution in [3.8, 4) is 23.0 Å². The Bertz CT molecular complexity index is 1250. The molecule has 1 aliphatic heterocycles. The number of aromatic nitrogens is 1. The van der Waals surface area contributed by atoms with Crippen LogP contribution in [0, 0.1) is 6.92 Å². The van der Waals surface area contributed by atoms with Crippen LogP contribution in [0.25, 0.3) is 22.4 Å². The molecule has 0 aliphatic carbocycles. The van der Waals surface area contributed by atoms with Crippen molar-refractivity contribution < 1.29 is 13.9 Å². The van der Waals surface area contributed by atoms with Gasteiger partial charge in [-0.05, 0) is 75.7 Å². The first-order valence-corrected chi connectivity index (χ1v) is 12.0. The molecule has 0 unspecified atom stereocenters. The molecule has 34 heavy (non-hydrogen) atoms. The fourth-order valence-electron chi connectivity index (χ4n) is 4.46. The Labute approximate surface area is 200 Å². The zero-order valence-corrected chi connectivity index (χ0v) is 19.8. The van der Waals surface area contributed by atoms with Crippen molar-refractivity contribution in [2.24, 2.45) is 0 Å². The number of ether oxygens (including phenoxy) is 2. The molecular formula is C28H31N3O3. The van der Waals surface area contributed by atoms with E-state index in [2.05, 4.69) is 10.2 Å². The molecule has 6 heteroatoms. The molecule has 4 aromatic rings. The number of pyridine rings is 1. The van der Waals surface area contributed by atoms with Gasteiger partial charge in [-0.25, -0.2) is 4.98 Å². The van der Waals surface area contributed by atoms with Gasteiger partial charge in [0, 0.05) is 23.7 Å². The molecule has 1 fully saturated rings. The maximum Gasteiger partial charge on any atom is 0.163 e. The highest BCUT2D eigenvalue weighted by molar-refractivity contribution is 5.97. The first-order chi connectivity index (χ1) is 16.7. The number of methoxy groups -OCH3 is 1. The van der Waals surface area contributed by atoms with Gasteiger partial charge in [0.25, 0.3) is 0 Å². The number of furan rings is 1. The molecule has 5 rings (SSSR count). The van der Waals surface area contributed by atoms with E-state index in [0.29, 0.717) is 18.1 Å². The molecule has 2 aromatic heterocycles. The Kier molecular flexibility index (Phi) is 6.67. The molecular weight excluding hydrogens is 426 g/mol. The van der Waals surface area contributed by atoms with Crippen LogP contribution in [0.15, 0.2) is 65.1 Å². The quantitative estimate of drug-likeness (QED) is 0.293. The predicted molar refractivity (Wildman–Crippen MR) is 136 cm³/mol. The normalized spacial score (nSPS) is 13.9. The van der Waals surface area contributed by atoms with E-state index in [1.807, 2.05) is 67.6 Å². The van der Waals surface area contributed by atoms with Crippen molar-refractivity contribution in [2.75, 3.05) is 38.7 Å². The van der Waals surface area contributed by atoms with Gasteiger partial charge in [0.1, 0.15) is 11.5 Å². The Morgan fingerprint density at radius 2 is 1.82 bits per heavy atom. The summed E-state index contributed by atoms with van der Waals surface area (Å²) in [6.07, 6.45) is 3.60. The lowest BCUT2D eigenvalue weighted by molar-refractivity contribution is 0.254. The first kappa shape index (κ1) is 22.3. The van der Waals surface area contributed by atoms with Gasteiger partial charge in [-0.3, -0.25) is 0 Å². The number of nitrogens with zero attached hydrogens (tertiary/aromatic N) is 2. The molecule has 1 aliphatic rings. The number of nitrogens with one attached hydrogen (secondary N) is 1. The summed E-state index contributed by atoms with van der Waals surface area (Å²) in [5.41, 5.74) is 3.52. The zero-order chi connectivity index (χ0) is 23.3. The molecule has 176 valence electrons. The summed E-state index contributed by atoms with van der Waals surface area (Å²) in [5.74, 6) is 3.00. The Morgan fingerprint density at radius 1 is 1.00 bits per heavy atom. The van der Waals surface area contributed by atoms with Crippen LogP contribution in [0.2, 0.25) is 0 Å². The molecule has 1 saturated heterocycles. The molecule has 0 radical (unpaired) electrons. The number of likely N-dealkylation sites (tertiary alicyclic amines) is 1. The van der Waals surface area contributed by atoms with E-state index in [-0.39, 0.29) is 0 Å². The van der Waals surface area contributed by atoms with Crippen LogP contribution in [0.5, 0.6) is 11.5 Å². The van der Waals surface area contributed by atoms with Crippen molar-refractivity contribution >= 4 is 22.3 Å². The molecule has 6 nitrogen and oxygen atoms in total. The van der Waals surface area contributed by atoms with E-state index in [1.54, 1.807) is 7.11 Å². The number of benzene rings is 2. The van der Waals surface area contributed by atoms with Gasteiger partial charge >= 0.3 is 0 Å². The van der Waals surface area contributed by atoms with Gasteiger partial charge in [-0.15, -0.1) is 0 Å². The van der Waals surface area contributed by atoms with Crippen molar-refractivity contribution in [3.05, 3.63) is 66.4 Å². The molecule has 0 spiro atoms. The maximum atomic E-state index is 6.17. The van der Waals surface area contributed by atoms with Crippen molar-refractivity contribution in [3.63, 3.8) is 0 Å². The van der Waals surface area contributed by atoms with E-state index in [0.717, 1.165) is 52.5 Å². The number of hydrogen-bond acceptors (Lipinski definition) is 6. The smallest absolute Gasteiger partial charge is 0.163 e. The molecule has 3 heterocycles. The second kappa shape index (κ2) is 10.2. The molecule has 0 bridgehead atoms. The summed E-state index contributed by atoms with van der Waals surface area (Å²) in [6, 6.07) is 20.0. The van der Waals surface area contributed by atoms with Crippen LogP contribution < -0.4 is 14.8 Å². The number of fused-ring (bicyclic) bond motifs is 1. The lowest BCUT2D eigenvalue weighted by atomic mass is 10.1. The SMILES string of the molecule is COc1cc2c(Nc3ccccc3)cc(-c3ccc(C)o3)nc2cc1OCCCN1CCCC1. The highest BCUT2D eigenvalue weighted by Gasteiger charge is 2.16. The number of anilines is 2. The average molecular weight is 458 g/mol. The Morgan fingerprint density at radius 3 is 2.56 bits per heavy atom. The highest BCUT2D eigenvalue weighted by Crippen LogP contribution is 2.38. The van der Waals surface area contributed by atoms with E-state index < -0.39 is 0 Å². The molecule has 0 atom stereocenters. The average Bonchev–Trinajstić information content (AvgIpc) is 3.54. The molecule has 1 N–H and O–H groups in total. The minimum atomic E-state index is 0.643. The van der Waals surface area contributed by atoms with Crippen LogP contribution >= 0.6 is 0 Å². The van der Waals surface area contributed by atoms with Crippen LogP contribution in [-0.4, -0.2) is 43.2 Å². The summed E-state index contributed by atoms with van der Waals surface area (Å²) in [4.78, 5) is 7.41. The van der Waals surface area contributed by atoms with Gasteiger partial charge in [-0.2, -0.15) is 0 Å². The van der Waals surface area contributed by atoms with E-state index in [9.17, 15) is 0 Å². The summed E-state index contributed by atoms with van der Waals surface area (Å²) >= 11 is 0. The summed E-state index contributed by atoms with van der Waals surface area (Å²) in [7, 11) is 1.68. The monoisotopic (exact) mass is 457 g/mol. The summed E-state index contributed by atoms with van der Waals surface area (Å²) in [5, 5.41) is 4.49. The summed E-state index contributed by atoms with van der Waals surface area (Å²) in [6.45, 7) is 6.06. The van der Waals surface area contributed by atoms with Crippen molar-refractivity contribution in [1.82, 2.24) is 9.88 Å². The van der Waals surface area contributed by atoms with Crippen LogP contribution in [0.4, 0.5) is 11.4 Å². The minimum Gasteiger partial charge on any atom is -0.493 e. The predicted octanol–water partition coefficient (Wildman–Crippen LogP) is 6.42. The second-order valence-corrected chi connectivity index (χ2v) is 8.73. The topological polar surface area (TPSA) is 59.8 Å². The second-order valence-electron chi connectivity index (χ2n) is 8.73. The lowest BCUT2D eigenvalue weighted by Gasteiger charge is -2.17. The largest absolute Gasteiger partial charge is 0.493 e. The fraction of sp³-hybridized carbons (Fsp3) is 0.321. The van der Waals surface area contributed by atoms with Gasteiger partial charge in [0.2, 0.25) is 0 Å². The standard InChI is InChI=1S/C28H31N3O3/c1-20-11-12-26(34-20)25-18-23(29-21-9-4-3-5-10-21)22-17-27(32-2)28(19-24(22)30-25)33-16-8-15-31-13-6-7-14-31/h3-5,9-12,17-19H,6-8,13-16H2,1-2H3,(H,29,30). The third-order valence-corrected chi connectivity index (χ3v) is 6.21. The first-order valence-electron chi connectivity index (χ1n) is 12.0. The van der Waals surface area contributed by atoms with E-state index >= 15 is 0 Å². The van der Waals surface area contributed by atoms with Gasteiger partial charge in [0.15, 0.2) is 17.3 Å². The van der Waals surface area contributed by atoms with E-state index in [1.165, 1.54) is 25.9 Å². The minimum absolute atomic E-state index is 0.643. The van der Waals surface area contributed by atoms with Crippen molar-refractivity contribution in [2.45, 2.75) is 26.2 Å². The zero-order valence-electron chi connectivity index (χ0n) is 19.8. The molecule has 0 amide bonds. The van der Waals surface area contributed by atoms with Gasteiger partial charge in [-0.1, -0.05) is 18.2 Å². The van der Waals surface area contributed by atoms with Gasteiger partial charge in [0.05, 0.1) is 24.9 Å². The number of aryl methyl sites for hydroxylation is 1. The fourth-order valence-corrected chi connectivity index (χ4v) is 4.46. The Hall–Kier alpha value is -3.51. The number of hydrogen-bond donors (Lipinski definition) is 1. The lowest BCUT2D eigenvalue weighted by Crippen LogP contribution is -2.21. The third-order valence-electron chi connectivity index (χ3n) is 6.21. The third kappa shape index (κ3) is 5.02. The van der Waals surface area contributed by atoms with Crippen LogP contribution in [0.3, 0.4) is 0 Å². The highest BCUT2D eigenvalue weighted by atomic mass is 16.5. The van der Waals surface area contributed by atoms with Gasteiger partial charge < -0.3 is 24.1 Å². The van der Waals surface area contributed by atoms with Crippen LogP contribution in [0.1, 0.15) is 25.0 Å². The van der Waals surface area contributed by atoms with Crippen molar-refractivity contribution in [1.29, 1.82) is 0 Å². The van der Waals surface area contributed by atoms with Crippen LogP contribution in [-0.2, 0) is 0 Å². The number of rotatable bonds is 9. The number of para-hydroxylation sites is 1.